The average Bonchev–Trinajstić information content (AvgIpc) is 3.25. The minimum Gasteiger partial charge on any atom is -0.465 e. The molecular formula is C27H24F2N2O3. The number of halogens is 2. The zero-order valence-corrected chi connectivity index (χ0v) is 18.7. The van der Waals surface area contributed by atoms with E-state index in [0.717, 1.165) is 36.1 Å². The molecular weight excluding hydrogens is 438 g/mol. The maximum Gasteiger partial charge on any atom is 0.341 e. The van der Waals surface area contributed by atoms with E-state index in [-0.39, 0.29) is 23.6 Å². The number of methoxy groups -OCH3 is 1. The number of amides is 1. The Morgan fingerprint density at radius 1 is 0.971 bits per heavy atom. The highest BCUT2D eigenvalue weighted by atomic mass is 19.1. The molecule has 7 heteroatoms. The van der Waals surface area contributed by atoms with Gasteiger partial charge in [0.2, 0.25) is 5.91 Å². The van der Waals surface area contributed by atoms with Crippen LogP contribution >= 0.6 is 0 Å². The molecule has 5 nitrogen and oxygen atoms in total. The summed E-state index contributed by atoms with van der Waals surface area (Å²) in [5, 5.41) is 3.89. The van der Waals surface area contributed by atoms with Gasteiger partial charge in [0.15, 0.2) is 0 Å². The van der Waals surface area contributed by atoms with Crippen molar-refractivity contribution in [2.75, 3.05) is 7.11 Å². The number of H-pyrrole nitrogens is 1. The van der Waals surface area contributed by atoms with Gasteiger partial charge in [0, 0.05) is 35.6 Å². The Labute approximate surface area is 195 Å². The molecule has 0 spiro atoms. The Hall–Kier alpha value is -4.00. The van der Waals surface area contributed by atoms with E-state index in [4.69, 9.17) is 0 Å². The van der Waals surface area contributed by atoms with Crippen molar-refractivity contribution in [3.8, 4) is 11.1 Å². The molecule has 4 aromatic rings. The van der Waals surface area contributed by atoms with Gasteiger partial charge in [-0.25, -0.2) is 13.6 Å². The number of rotatable bonds is 8. The van der Waals surface area contributed by atoms with Crippen molar-refractivity contribution < 1.29 is 23.1 Å². The highest BCUT2D eigenvalue weighted by molar-refractivity contribution is 5.97. The van der Waals surface area contributed by atoms with Gasteiger partial charge in [-0.1, -0.05) is 42.5 Å². The third kappa shape index (κ3) is 4.98. The first-order valence-corrected chi connectivity index (χ1v) is 10.9. The molecule has 0 atom stereocenters. The molecule has 4 rings (SSSR count). The molecule has 0 aliphatic heterocycles. The predicted molar refractivity (Wildman–Crippen MR) is 126 cm³/mol. The van der Waals surface area contributed by atoms with Crippen LogP contribution < -0.4 is 5.32 Å². The predicted octanol–water partition coefficient (Wildman–Crippen LogP) is 5.54. The molecule has 1 amide bonds. The smallest absolute Gasteiger partial charge is 0.341 e. The second kappa shape index (κ2) is 10.3. The SMILES string of the molecule is COC(=O)c1c(F)cccc1-c1ccc(CNC(=O)CCCc2c[nH]c3ccccc23)c(F)c1. The summed E-state index contributed by atoms with van der Waals surface area (Å²) in [5.41, 5.74) is 2.85. The Morgan fingerprint density at radius 3 is 2.59 bits per heavy atom. The van der Waals surface area contributed by atoms with E-state index in [1.165, 1.54) is 24.3 Å². The van der Waals surface area contributed by atoms with Crippen LogP contribution in [0.4, 0.5) is 8.78 Å². The molecule has 0 aliphatic rings. The van der Waals surface area contributed by atoms with Gasteiger partial charge in [-0.05, 0) is 47.7 Å². The van der Waals surface area contributed by atoms with Gasteiger partial charge in [0.25, 0.3) is 0 Å². The van der Waals surface area contributed by atoms with Gasteiger partial charge >= 0.3 is 5.97 Å². The van der Waals surface area contributed by atoms with Crippen LogP contribution in [0.5, 0.6) is 0 Å². The van der Waals surface area contributed by atoms with E-state index < -0.39 is 17.6 Å². The lowest BCUT2D eigenvalue weighted by molar-refractivity contribution is -0.121. The largest absolute Gasteiger partial charge is 0.465 e. The second-order valence-corrected chi connectivity index (χ2v) is 7.95. The number of carbonyl (C=O) groups excluding carboxylic acids is 2. The number of hydrogen-bond donors (Lipinski definition) is 2. The summed E-state index contributed by atoms with van der Waals surface area (Å²) in [4.78, 5) is 27.5. The lowest BCUT2D eigenvalue weighted by atomic mass is 9.98. The highest BCUT2D eigenvalue weighted by Crippen LogP contribution is 2.28. The van der Waals surface area contributed by atoms with E-state index in [0.29, 0.717) is 24.0 Å². The number of hydrogen-bond acceptors (Lipinski definition) is 3. The van der Waals surface area contributed by atoms with E-state index in [9.17, 15) is 18.4 Å². The molecule has 0 unspecified atom stereocenters. The van der Waals surface area contributed by atoms with Crippen LogP contribution in [0.25, 0.3) is 22.0 Å². The number of ether oxygens (including phenoxy) is 1. The number of carbonyl (C=O) groups is 2. The van der Waals surface area contributed by atoms with Crippen LogP contribution in [0, 0.1) is 11.6 Å². The zero-order valence-electron chi connectivity index (χ0n) is 18.7. The Balaban J connectivity index is 1.36. The number of para-hydroxylation sites is 1. The summed E-state index contributed by atoms with van der Waals surface area (Å²) in [5.74, 6) is -2.30. The summed E-state index contributed by atoms with van der Waals surface area (Å²) in [7, 11) is 1.16. The van der Waals surface area contributed by atoms with Gasteiger partial charge in [-0.2, -0.15) is 0 Å². The Kier molecular flexibility index (Phi) is 7.01. The van der Waals surface area contributed by atoms with Crippen molar-refractivity contribution >= 4 is 22.8 Å². The van der Waals surface area contributed by atoms with Crippen molar-refractivity contribution in [1.82, 2.24) is 10.3 Å². The number of esters is 1. The summed E-state index contributed by atoms with van der Waals surface area (Å²) < 4.78 is 33.6. The molecule has 2 N–H and O–H groups in total. The number of fused-ring (bicyclic) bond motifs is 1. The normalized spacial score (nSPS) is 10.9. The fourth-order valence-corrected chi connectivity index (χ4v) is 3.99. The molecule has 3 aromatic carbocycles. The van der Waals surface area contributed by atoms with Gasteiger partial charge < -0.3 is 15.0 Å². The van der Waals surface area contributed by atoms with Crippen LogP contribution in [0.15, 0.2) is 66.9 Å². The minimum atomic E-state index is -0.836. The first kappa shape index (κ1) is 23.2. The number of benzene rings is 3. The zero-order chi connectivity index (χ0) is 24.1. The number of nitrogens with one attached hydrogen (secondary N) is 2. The molecule has 174 valence electrons. The lowest BCUT2D eigenvalue weighted by Crippen LogP contribution is -2.23. The van der Waals surface area contributed by atoms with Crippen molar-refractivity contribution in [2.45, 2.75) is 25.8 Å². The van der Waals surface area contributed by atoms with E-state index in [1.807, 2.05) is 30.5 Å². The van der Waals surface area contributed by atoms with E-state index in [2.05, 4.69) is 15.0 Å². The molecule has 0 radical (unpaired) electrons. The van der Waals surface area contributed by atoms with Crippen LogP contribution in [-0.4, -0.2) is 24.0 Å². The first-order valence-electron chi connectivity index (χ1n) is 10.9. The fraction of sp³-hybridized carbons (Fsp3) is 0.185. The lowest BCUT2D eigenvalue weighted by Gasteiger charge is -2.11. The summed E-state index contributed by atoms with van der Waals surface area (Å²) >= 11 is 0. The van der Waals surface area contributed by atoms with Crippen LogP contribution in [-0.2, 0) is 22.5 Å². The fourth-order valence-electron chi connectivity index (χ4n) is 3.99. The first-order chi connectivity index (χ1) is 16.5. The van der Waals surface area contributed by atoms with E-state index in [1.54, 1.807) is 6.07 Å². The highest BCUT2D eigenvalue weighted by Gasteiger charge is 2.19. The molecule has 1 heterocycles. The topological polar surface area (TPSA) is 71.2 Å². The second-order valence-electron chi connectivity index (χ2n) is 7.95. The van der Waals surface area contributed by atoms with Gasteiger partial charge in [-0.3, -0.25) is 4.79 Å². The van der Waals surface area contributed by atoms with Crippen molar-refractivity contribution in [2.24, 2.45) is 0 Å². The number of aryl methyl sites for hydroxylation is 1. The third-order valence-electron chi connectivity index (χ3n) is 5.77. The molecule has 0 aliphatic carbocycles. The molecule has 0 fully saturated rings. The maximum absolute atomic E-state index is 14.7. The average molecular weight is 462 g/mol. The van der Waals surface area contributed by atoms with Crippen molar-refractivity contribution in [3.63, 3.8) is 0 Å². The number of aromatic amines is 1. The van der Waals surface area contributed by atoms with E-state index >= 15 is 0 Å². The quantitative estimate of drug-likeness (QED) is 0.338. The van der Waals surface area contributed by atoms with Crippen LogP contribution in [0.2, 0.25) is 0 Å². The third-order valence-corrected chi connectivity index (χ3v) is 5.77. The van der Waals surface area contributed by atoms with Crippen LogP contribution in [0.1, 0.15) is 34.3 Å². The summed E-state index contributed by atoms with van der Waals surface area (Å²) in [6.45, 7) is 0.0328. The maximum atomic E-state index is 14.7. The molecule has 34 heavy (non-hydrogen) atoms. The summed E-state index contributed by atoms with van der Waals surface area (Å²) in [6.07, 6.45) is 3.72. The van der Waals surface area contributed by atoms with Crippen LogP contribution in [0.3, 0.4) is 0 Å². The molecule has 0 saturated carbocycles. The van der Waals surface area contributed by atoms with Gasteiger partial charge in [0.1, 0.15) is 17.2 Å². The minimum absolute atomic E-state index is 0.0328. The van der Waals surface area contributed by atoms with Crippen molar-refractivity contribution in [3.05, 3.63) is 95.2 Å². The van der Waals surface area contributed by atoms with Crippen molar-refractivity contribution in [1.29, 1.82) is 0 Å². The number of aromatic nitrogens is 1. The summed E-state index contributed by atoms with van der Waals surface area (Å²) in [6, 6.07) is 16.5. The van der Waals surface area contributed by atoms with Gasteiger partial charge in [0.05, 0.1) is 7.11 Å². The van der Waals surface area contributed by atoms with Gasteiger partial charge in [-0.15, -0.1) is 0 Å². The standard InChI is InChI=1S/C27H24F2N2O3/c1-34-27(33)26-21(8-5-9-22(26)28)17-12-13-19(23(29)14-17)16-31-25(32)11-4-6-18-15-30-24-10-3-2-7-20(18)24/h2-3,5,7-10,12-15,30H,4,6,11,16H2,1H3,(H,31,32). The molecule has 1 aromatic heterocycles. The molecule has 0 saturated heterocycles. The molecule has 0 bridgehead atoms. The Bertz CT molecular complexity index is 1350. The monoisotopic (exact) mass is 462 g/mol. The Morgan fingerprint density at radius 2 is 1.79 bits per heavy atom.